The summed E-state index contributed by atoms with van der Waals surface area (Å²) in [6.07, 6.45) is 0. The van der Waals surface area contributed by atoms with E-state index in [4.69, 9.17) is 14.4 Å². The second kappa shape index (κ2) is 10.8. The number of benzene rings is 7. The van der Waals surface area contributed by atoms with Gasteiger partial charge < -0.3 is 13.6 Å². The lowest BCUT2D eigenvalue weighted by atomic mass is 10.1. The van der Waals surface area contributed by atoms with E-state index in [0.29, 0.717) is 11.4 Å². The van der Waals surface area contributed by atoms with E-state index in [0.717, 1.165) is 55.7 Å². The van der Waals surface area contributed by atoms with Crippen molar-refractivity contribution >= 4 is 65.7 Å². The van der Waals surface area contributed by atoms with Gasteiger partial charge in [-0.2, -0.15) is 0 Å². The largest absolute Gasteiger partial charge is 0.452 e. The van der Waals surface area contributed by atoms with Crippen molar-refractivity contribution in [2.75, 3.05) is 0 Å². The Morgan fingerprint density at radius 3 is 1.57 bits per heavy atom. The lowest BCUT2D eigenvalue weighted by Crippen LogP contribution is -1.97. The molecule has 0 N–H and O–H groups in total. The third-order valence-corrected chi connectivity index (χ3v) is 10.1. The zero-order valence-electron chi connectivity index (χ0n) is 27.4. The SMILES string of the molecule is c1ccc(-n2c3ccccc3c3ccc(-c4nc(-c5ccc(-n6c7ccccc7c7ccccc76)cc5)c5oc6ccccc6c5n4)cc32)cc1. The molecule has 4 aromatic heterocycles. The standard InChI is InChI=1S/C46H28N4O/c1-2-12-31(13-3-1)50-40-20-10-6-16-35(40)36-27-24-30(28-41(36)50)46-47-43(45-44(48-46)37-17-7-11-21-42(37)51-45)29-22-25-32(26-23-29)49-38-18-8-4-14-33(38)34-15-5-9-19-39(34)49/h1-28H. The summed E-state index contributed by atoms with van der Waals surface area (Å²) in [4.78, 5) is 10.5. The zero-order chi connectivity index (χ0) is 33.5. The molecule has 11 rings (SSSR count). The summed E-state index contributed by atoms with van der Waals surface area (Å²) in [7, 11) is 0. The van der Waals surface area contributed by atoms with Gasteiger partial charge in [0.2, 0.25) is 0 Å². The van der Waals surface area contributed by atoms with Crippen LogP contribution in [0.2, 0.25) is 0 Å². The monoisotopic (exact) mass is 652 g/mol. The molecular weight excluding hydrogens is 625 g/mol. The number of aromatic nitrogens is 4. The van der Waals surface area contributed by atoms with Crippen LogP contribution in [0.3, 0.4) is 0 Å². The van der Waals surface area contributed by atoms with E-state index >= 15 is 0 Å². The fourth-order valence-electron chi connectivity index (χ4n) is 7.85. The van der Waals surface area contributed by atoms with E-state index in [9.17, 15) is 0 Å². The number of para-hydroxylation sites is 5. The smallest absolute Gasteiger partial charge is 0.180 e. The number of rotatable bonds is 4. The number of hydrogen-bond acceptors (Lipinski definition) is 3. The molecule has 11 aromatic rings. The van der Waals surface area contributed by atoms with Crippen LogP contribution in [0.1, 0.15) is 0 Å². The van der Waals surface area contributed by atoms with Crippen LogP contribution in [0.25, 0.3) is 99.7 Å². The first-order valence-corrected chi connectivity index (χ1v) is 17.2. The van der Waals surface area contributed by atoms with Crippen molar-refractivity contribution in [2.45, 2.75) is 0 Å². The lowest BCUT2D eigenvalue weighted by molar-refractivity contribution is 0.667. The minimum Gasteiger partial charge on any atom is -0.452 e. The van der Waals surface area contributed by atoms with E-state index in [1.165, 1.54) is 32.6 Å². The fourth-order valence-corrected chi connectivity index (χ4v) is 7.85. The summed E-state index contributed by atoms with van der Waals surface area (Å²) in [5, 5.41) is 5.85. The average molecular weight is 653 g/mol. The van der Waals surface area contributed by atoms with Gasteiger partial charge in [-0.1, -0.05) is 109 Å². The van der Waals surface area contributed by atoms with Crippen LogP contribution in [0.4, 0.5) is 0 Å². The van der Waals surface area contributed by atoms with Crippen molar-refractivity contribution in [1.29, 1.82) is 0 Å². The Bertz CT molecular complexity index is 3080. The van der Waals surface area contributed by atoms with Gasteiger partial charge in [-0.3, -0.25) is 0 Å². The Labute approximate surface area is 292 Å². The molecule has 5 nitrogen and oxygen atoms in total. The first kappa shape index (κ1) is 27.9. The van der Waals surface area contributed by atoms with Crippen LogP contribution < -0.4 is 0 Å². The molecule has 0 radical (unpaired) electrons. The third-order valence-electron chi connectivity index (χ3n) is 10.1. The predicted molar refractivity (Wildman–Crippen MR) is 209 cm³/mol. The molecule has 0 saturated heterocycles. The van der Waals surface area contributed by atoms with Crippen molar-refractivity contribution in [3.05, 3.63) is 170 Å². The van der Waals surface area contributed by atoms with E-state index in [1.54, 1.807) is 0 Å². The summed E-state index contributed by atoms with van der Waals surface area (Å²) in [6.45, 7) is 0. The van der Waals surface area contributed by atoms with Crippen LogP contribution >= 0.6 is 0 Å². The van der Waals surface area contributed by atoms with E-state index in [1.807, 2.05) is 18.2 Å². The van der Waals surface area contributed by atoms with Gasteiger partial charge in [0.25, 0.3) is 0 Å². The summed E-state index contributed by atoms with van der Waals surface area (Å²) < 4.78 is 11.2. The first-order chi connectivity index (χ1) is 25.3. The Hall–Kier alpha value is -6.98. The van der Waals surface area contributed by atoms with Gasteiger partial charge >= 0.3 is 0 Å². The second-order valence-electron chi connectivity index (χ2n) is 13.0. The normalized spacial score (nSPS) is 11.9. The maximum atomic E-state index is 6.50. The maximum Gasteiger partial charge on any atom is 0.180 e. The van der Waals surface area contributed by atoms with Crippen LogP contribution in [0.15, 0.2) is 174 Å². The Morgan fingerprint density at radius 2 is 0.902 bits per heavy atom. The van der Waals surface area contributed by atoms with Gasteiger partial charge in [0, 0.05) is 49.4 Å². The van der Waals surface area contributed by atoms with E-state index in [2.05, 4.69) is 161 Å². The van der Waals surface area contributed by atoms with E-state index < -0.39 is 0 Å². The van der Waals surface area contributed by atoms with Crippen molar-refractivity contribution in [3.8, 4) is 34.0 Å². The quantitative estimate of drug-likeness (QED) is 0.190. The summed E-state index contributed by atoms with van der Waals surface area (Å²) in [6, 6.07) is 59.6. The minimum atomic E-state index is 0.655. The molecule has 0 fully saturated rings. The molecule has 0 aliphatic heterocycles. The Balaban J connectivity index is 1.12. The van der Waals surface area contributed by atoms with Gasteiger partial charge in [0.15, 0.2) is 11.4 Å². The van der Waals surface area contributed by atoms with Crippen molar-refractivity contribution in [3.63, 3.8) is 0 Å². The van der Waals surface area contributed by atoms with Crippen molar-refractivity contribution in [2.24, 2.45) is 0 Å². The molecule has 0 unspecified atom stereocenters. The number of nitrogens with zero attached hydrogens (tertiary/aromatic N) is 4. The highest BCUT2D eigenvalue weighted by atomic mass is 16.3. The zero-order valence-corrected chi connectivity index (χ0v) is 27.4. The molecular formula is C46H28N4O. The second-order valence-corrected chi connectivity index (χ2v) is 13.0. The molecule has 0 aliphatic rings. The predicted octanol–water partition coefficient (Wildman–Crippen LogP) is 11.9. The Morgan fingerprint density at radius 1 is 0.392 bits per heavy atom. The molecule has 7 aromatic carbocycles. The minimum absolute atomic E-state index is 0.655. The topological polar surface area (TPSA) is 48.8 Å². The highest BCUT2D eigenvalue weighted by Gasteiger charge is 2.20. The van der Waals surface area contributed by atoms with Crippen LogP contribution in [-0.4, -0.2) is 19.1 Å². The number of furan rings is 1. The third kappa shape index (κ3) is 4.15. The Kier molecular flexibility index (Phi) is 5.89. The summed E-state index contributed by atoms with van der Waals surface area (Å²) >= 11 is 0. The van der Waals surface area contributed by atoms with E-state index in [-0.39, 0.29) is 0 Å². The summed E-state index contributed by atoms with van der Waals surface area (Å²) in [5.74, 6) is 0.655. The van der Waals surface area contributed by atoms with Gasteiger partial charge in [0.05, 0.1) is 22.1 Å². The van der Waals surface area contributed by atoms with Crippen LogP contribution in [0, 0.1) is 0 Å². The number of fused-ring (bicyclic) bond motifs is 9. The van der Waals surface area contributed by atoms with Crippen LogP contribution in [0.5, 0.6) is 0 Å². The molecule has 0 amide bonds. The number of hydrogen-bond donors (Lipinski definition) is 0. The maximum absolute atomic E-state index is 6.50. The molecule has 0 aliphatic carbocycles. The van der Waals surface area contributed by atoms with Crippen LogP contribution in [-0.2, 0) is 0 Å². The first-order valence-electron chi connectivity index (χ1n) is 17.2. The van der Waals surface area contributed by atoms with Crippen molar-refractivity contribution in [1.82, 2.24) is 19.1 Å². The molecule has 0 saturated carbocycles. The lowest BCUT2D eigenvalue weighted by Gasteiger charge is -2.11. The molecule has 4 heterocycles. The van der Waals surface area contributed by atoms with Gasteiger partial charge in [-0.05, 0) is 60.7 Å². The summed E-state index contributed by atoms with van der Waals surface area (Å²) in [5.41, 5.74) is 11.8. The van der Waals surface area contributed by atoms with Gasteiger partial charge in [-0.15, -0.1) is 0 Å². The molecule has 0 atom stereocenters. The molecule has 238 valence electrons. The van der Waals surface area contributed by atoms with Gasteiger partial charge in [0.1, 0.15) is 16.8 Å². The highest BCUT2D eigenvalue weighted by Crippen LogP contribution is 2.39. The molecule has 5 heteroatoms. The molecule has 0 spiro atoms. The van der Waals surface area contributed by atoms with Gasteiger partial charge in [-0.25, -0.2) is 9.97 Å². The molecule has 51 heavy (non-hydrogen) atoms. The highest BCUT2D eigenvalue weighted by molar-refractivity contribution is 6.11. The fraction of sp³-hybridized carbons (Fsp3) is 0. The molecule has 0 bridgehead atoms. The average Bonchev–Trinajstić information content (AvgIpc) is 3.85. The van der Waals surface area contributed by atoms with Crippen molar-refractivity contribution < 1.29 is 4.42 Å².